The molecule has 2 aromatic carbocycles. The molecule has 3 nitrogen and oxygen atoms in total. The molecule has 1 heterocycles. The van der Waals surface area contributed by atoms with Gasteiger partial charge in [0.2, 0.25) is 0 Å². The van der Waals surface area contributed by atoms with Crippen LogP contribution in [0.4, 0.5) is 15.8 Å². The number of hydrogen-bond acceptors (Lipinski definition) is 3. The zero-order chi connectivity index (χ0) is 14.8. The number of nitriles is 1. The average Bonchev–Trinajstić information content (AvgIpc) is 2.52. The number of para-hydroxylation sites is 1. The van der Waals surface area contributed by atoms with E-state index in [1.165, 1.54) is 0 Å². The third-order valence-corrected chi connectivity index (χ3v) is 3.88. The highest BCUT2D eigenvalue weighted by atomic mass is 79.9. The summed E-state index contributed by atoms with van der Waals surface area (Å²) in [5.41, 5.74) is 2.02. The maximum absolute atomic E-state index is 14.3. The summed E-state index contributed by atoms with van der Waals surface area (Å²) >= 11 is 3.10. The fraction of sp³-hybridized carbons (Fsp3) is 0. The third kappa shape index (κ3) is 2.46. The molecule has 0 bridgehead atoms. The van der Waals surface area contributed by atoms with Crippen LogP contribution in [-0.2, 0) is 0 Å². The summed E-state index contributed by atoms with van der Waals surface area (Å²) in [7, 11) is 0. The molecule has 0 radical (unpaired) electrons. The summed E-state index contributed by atoms with van der Waals surface area (Å²) in [4.78, 5) is 4.31. The van der Waals surface area contributed by atoms with Crippen LogP contribution in [-0.4, -0.2) is 4.98 Å². The molecule has 0 spiro atoms. The molecular formula is C16H9BrFN3. The van der Waals surface area contributed by atoms with Crippen LogP contribution in [0.5, 0.6) is 0 Å². The Morgan fingerprint density at radius 1 is 1.10 bits per heavy atom. The van der Waals surface area contributed by atoms with Crippen LogP contribution in [0, 0.1) is 17.1 Å². The number of nitrogens with one attached hydrogen (secondary N) is 1. The molecule has 1 N–H and O–H groups in total. The number of nitrogens with zero attached hydrogens (tertiary/aromatic N) is 2. The molecule has 21 heavy (non-hydrogen) atoms. The minimum absolute atomic E-state index is 0.156. The Morgan fingerprint density at radius 2 is 1.90 bits per heavy atom. The normalized spacial score (nSPS) is 10.3. The topological polar surface area (TPSA) is 48.7 Å². The van der Waals surface area contributed by atoms with Crippen LogP contribution in [0.3, 0.4) is 0 Å². The Bertz CT molecular complexity index is 866. The van der Waals surface area contributed by atoms with Crippen molar-refractivity contribution in [2.45, 2.75) is 0 Å². The van der Waals surface area contributed by atoms with E-state index in [1.54, 1.807) is 18.3 Å². The maximum atomic E-state index is 14.3. The standard InChI is InChI=1S/C16H9BrFN3/c17-14-11(9-19)6-7-12(15(14)18)21-13-5-1-3-10-4-2-8-20-16(10)13/h1-8,21H. The van der Waals surface area contributed by atoms with E-state index < -0.39 is 5.82 Å². The first-order valence-electron chi connectivity index (χ1n) is 6.19. The number of halogens is 2. The molecule has 0 aliphatic rings. The lowest BCUT2D eigenvalue weighted by Crippen LogP contribution is -1.97. The van der Waals surface area contributed by atoms with Crippen molar-refractivity contribution in [1.82, 2.24) is 4.98 Å². The molecule has 1 aromatic heterocycles. The van der Waals surface area contributed by atoms with Crippen molar-refractivity contribution < 1.29 is 4.39 Å². The van der Waals surface area contributed by atoms with E-state index in [0.717, 1.165) is 10.9 Å². The fourth-order valence-corrected chi connectivity index (χ4v) is 2.52. The van der Waals surface area contributed by atoms with Crippen molar-refractivity contribution >= 4 is 38.2 Å². The third-order valence-electron chi connectivity index (χ3n) is 3.10. The molecule has 102 valence electrons. The van der Waals surface area contributed by atoms with E-state index in [1.807, 2.05) is 36.4 Å². The number of pyridine rings is 1. The van der Waals surface area contributed by atoms with Gasteiger partial charge in [-0.1, -0.05) is 18.2 Å². The minimum atomic E-state index is -0.498. The van der Waals surface area contributed by atoms with Crippen molar-refractivity contribution in [3.63, 3.8) is 0 Å². The molecule has 0 saturated heterocycles. The average molecular weight is 342 g/mol. The van der Waals surface area contributed by atoms with E-state index in [0.29, 0.717) is 11.4 Å². The lowest BCUT2D eigenvalue weighted by Gasteiger charge is -2.11. The van der Waals surface area contributed by atoms with Gasteiger partial charge in [-0.3, -0.25) is 4.98 Å². The van der Waals surface area contributed by atoms with E-state index in [4.69, 9.17) is 5.26 Å². The Kier molecular flexibility index (Phi) is 3.55. The van der Waals surface area contributed by atoms with Gasteiger partial charge in [-0.05, 0) is 40.2 Å². The molecule has 5 heteroatoms. The summed E-state index contributed by atoms with van der Waals surface area (Å²) in [6, 6.07) is 14.5. The monoisotopic (exact) mass is 341 g/mol. The first kappa shape index (κ1) is 13.5. The quantitative estimate of drug-likeness (QED) is 0.731. The van der Waals surface area contributed by atoms with Crippen LogP contribution in [0.1, 0.15) is 5.56 Å². The summed E-state index contributed by atoms with van der Waals surface area (Å²) in [6.45, 7) is 0. The summed E-state index contributed by atoms with van der Waals surface area (Å²) in [6.07, 6.45) is 1.69. The van der Waals surface area contributed by atoms with Crippen LogP contribution >= 0.6 is 15.9 Å². The molecule has 0 aliphatic carbocycles. The van der Waals surface area contributed by atoms with Gasteiger partial charge in [-0.25, -0.2) is 4.39 Å². The zero-order valence-corrected chi connectivity index (χ0v) is 12.4. The van der Waals surface area contributed by atoms with Crippen LogP contribution in [0.25, 0.3) is 10.9 Å². The summed E-state index contributed by atoms with van der Waals surface area (Å²) in [5.74, 6) is -0.498. The molecule has 0 unspecified atom stereocenters. The molecule has 3 rings (SSSR count). The van der Waals surface area contributed by atoms with Crippen molar-refractivity contribution in [3.8, 4) is 6.07 Å². The van der Waals surface area contributed by atoms with E-state index in [-0.39, 0.29) is 10.0 Å². The molecule has 0 fully saturated rings. The smallest absolute Gasteiger partial charge is 0.162 e. The van der Waals surface area contributed by atoms with Gasteiger partial charge >= 0.3 is 0 Å². The Morgan fingerprint density at radius 3 is 2.71 bits per heavy atom. The van der Waals surface area contributed by atoms with Crippen molar-refractivity contribution in [1.29, 1.82) is 5.26 Å². The van der Waals surface area contributed by atoms with E-state index in [9.17, 15) is 4.39 Å². The Balaban J connectivity index is 2.08. The molecule has 0 atom stereocenters. The molecule has 0 saturated carbocycles. The highest BCUT2D eigenvalue weighted by Crippen LogP contribution is 2.30. The van der Waals surface area contributed by atoms with Crippen molar-refractivity contribution in [2.24, 2.45) is 0 Å². The first-order chi connectivity index (χ1) is 10.2. The Labute approximate surface area is 129 Å². The lowest BCUT2D eigenvalue weighted by molar-refractivity contribution is 0.624. The summed E-state index contributed by atoms with van der Waals surface area (Å²) in [5, 5.41) is 12.9. The second-order valence-electron chi connectivity index (χ2n) is 4.41. The second kappa shape index (κ2) is 5.51. The van der Waals surface area contributed by atoms with E-state index >= 15 is 0 Å². The SMILES string of the molecule is N#Cc1ccc(Nc2cccc3cccnc23)c(F)c1Br. The van der Waals surface area contributed by atoms with Crippen LogP contribution < -0.4 is 5.32 Å². The minimum Gasteiger partial charge on any atom is -0.351 e. The van der Waals surface area contributed by atoms with Crippen molar-refractivity contribution in [2.75, 3.05) is 5.32 Å². The number of rotatable bonds is 2. The highest BCUT2D eigenvalue weighted by Gasteiger charge is 2.12. The van der Waals surface area contributed by atoms with Gasteiger partial charge in [0.25, 0.3) is 0 Å². The summed E-state index contributed by atoms with van der Waals surface area (Å²) < 4.78 is 14.4. The first-order valence-corrected chi connectivity index (χ1v) is 6.99. The number of fused-ring (bicyclic) bond motifs is 1. The second-order valence-corrected chi connectivity index (χ2v) is 5.20. The van der Waals surface area contributed by atoms with E-state index in [2.05, 4.69) is 26.2 Å². The Hall–Kier alpha value is -2.45. The number of aromatic nitrogens is 1. The highest BCUT2D eigenvalue weighted by molar-refractivity contribution is 9.10. The molecule has 0 aliphatic heterocycles. The van der Waals surface area contributed by atoms with Crippen LogP contribution in [0.2, 0.25) is 0 Å². The fourth-order valence-electron chi connectivity index (χ4n) is 2.08. The van der Waals surface area contributed by atoms with Gasteiger partial charge in [0.1, 0.15) is 6.07 Å². The van der Waals surface area contributed by atoms with Crippen molar-refractivity contribution in [3.05, 3.63) is 64.5 Å². The zero-order valence-electron chi connectivity index (χ0n) is 10.8. The number of benzene rings is 2. The van der Waals surface area contributed by atoms with Gasteiger partial charge in [0, 0.05) is 11.6 Å². The largest absolute Gasteiger partial charge is 0.351 e. The maximum Gasteiger partial charge on any atom is 0.162 e. The predicted octanol–water partition coefficient (Wildman–Crippen LogP) is 4.75. The molecule has 0 amide bonds. The van der Waals surface area contributed by atoms with Gasteiger partial charge in [0.15, 0.2) is 5.82 Å². The van der Waals surface area contributed by atoms with Crippen LogP contribution in [0.15, 0.2) is 53.1 Å². The van der Waals surface area contributed by atoms with Gasteiger partial charge < -0.3 is 5.32 Å². The van der Waals surface area contributed by atoms with Gasteiger partial charge in [-0.15, -0.1) is 0 Å². The van der Waals surface area contributed by atoms with Gasteiger partial charge in [0.05, 0.1) is 26.9 Å². The number of hydrogen-bond donors (Lipinski definition) is 1. The van der Waals surface area contributed by atoms with Gasteiger partial charge in [-0.2, -0.15) is 5.26 Å². The lowest BCUT2D eigenvalue weighted by atomic mass is 10.1. The predicted molar refractivity (Wildman–Crippen MR) is 83.8 cm³/mol. The molecule has 3 aromatic rings. The number of anilines is 2. The molecular weight excluding hydrogens is 333 g/mol.